The van der Waals surface area contributed by atoms with Gasteiger partial charge in [-0.15, -0.1) is 0 Å². The number of aryl methyl sites for hydroxylation is 2. The Morgan fingerprint density at radius 2 is 1.60 bits per heavy atom. The third-order valence-electron chi connectivity index (χ3n) is 7.55. The van der Waals surface area contributed by atoms with Gasteiger partial charge in [-0.2, -0.15) is 4.57 Å². The molecule has 0 spiro atoms. The molecule has 0 amide bonds. The number of anilines is 1. The number of fused-ring (bicyclic) bond motifs is 2. The van der Waals surface area contributed by atoms with Crippen LogP contribution in [-0.4, -0.2) is 19.5 Å². The molecular formula is C38H41ClN2O3S. The van der Waals surface area contributed by atoms with Crippen LogP contribution in [0.25, 0.3) is 23.1 Å². The van der Waals surface area contributed by atoms with Crippen molar-refractivity contribution in [3.8, 4) is 0 Å². The molecule has 0 atom stereocenters. The molecule has 4 aromatic rings. The average Bonchev–Trinajstić information content (AvgIpc) is 3.04. The number of allylic oxidation sites excluding steroid dienone is 5. The lowest BCUT2D eigenvalue weighted by molar-refractivity contribution is -0.673. The van der Waals surface area contributed by atoms with Gasteiger partial charge in [0.05, 0.1) is 4.90 Å². The van der Waals surface area contributed by atoms with Crippen molar-refractivity contribution >= 4 is 50.5 Å². The fourth-order valence-electron chi connectivity index (χ4n) is 5.07. The van der Waals surface area contributed by atoms with E-state index < -0.39 is 10.1 Å². The highest BCUT2D eigenvalue weighted by molar-refractivity contribution is 7.85. The summed E-state index contributed by atoms with van der Waals surface area (Å²) in [6, 6.07) is 27.3. The van der Waals surface area contributed by atoms with Crippen LogP contribution in [0.3, 0.4) is 0 Å². The summed E-state index contributed by atoms with van der Waals surface area (Å²) in [6.45, 7) is 8.28. The molecule has 0 radical (unpaired) electrons. The highest BCUT2D eigenvalue weighted by Gasteiger charge is 2.16. The monoisotopic (exact) mass is 640 g/mol. The maximum absolute atomic E-state index is 10.4. The molecule has 234 valence electrons. The summed E-state index contributed by atoms with van der Waals surface area (Å²) in [5, 5.41) is 1.98. The molecule has 0 saturated carbocycles. The summed E-state index contributed by atoms with van der Waals surface area (Å²) < 4.78 is 33.6. The van der Waals surface area contributed by atoms with Gasteiger partial charge in [-0.3, -0.25) is 0 Å². The van der Waals surface area contributed by atoms with Crippen LogP contribution in [0.15, 0.2) is 125 Å². The second kappa shape index (κ2) is 16.4. The number of para-hydroxylation sites is 2. The Kier molecular flexibility index (Phi) is 12.3. The standard InChI is InChI=1S/C31H34ClN2.C7H8O3S/c1-3-5-23-33-28(19-15-25-11-7-9-13-30(25)33)21-17-27(32)18-22-29-20-16-26-12-8-10-14-31(26)34(29)24-6-4-2;1-6-2-4-7(5-3-6)11(8,9)10/h7-22H,3-6,23-24H2,1-2H3;2-5H,1H3,(H,8,9,10)/q+1;/p-1. The second-order valence-electron chi connectivity index (χ2n) is 11.0. The van der Waals surface area contributed by atoms with Crippen molar-refractivity contribution in [2.45, 2.75) is 57.9 Å². The Labute approximate surface area is 273 Å². The summed E-state index contributed by atoms with van der Waals surface area (Å²) in [7, 11) is -4.27. The van der Waals surface area contributed by atoms with Crippen molar-refractivity contribution < 1.29 is 17.5 Å². The fourth-order valence-corrected chi connectivity index (χ4v) is 5.67. The molecule has 0 N–H and O–H groups in total. The Hall–Kier alpha value is -3.97. The van der Waals surface area contributed by atoms with Crippen LogP contribution in [0.2, 0.25) is 0 Å². The van der Waals surface area contributed by atoms with Gasteiger partial charge < -0.3 is 9.45 Å². The Morgan fingerprint density at radius 3 is 2.33 bits per heavy atom. The first kappa shape index (κ1) is 33.9. The first-order valence-electron chi connectivity index (χ1n) is 15.5. The summed E-state index contributed by atoms with van der Waals surface area (Å²) in [4.78, 5) is 2.22. The van der Waals surface area contributed by atoms with E-state index in [1.54, 1.807) is 12.1 Å². The van der Waals surface area contributed by atoms with E-state index in [-0.39, 0.29) is 4.90 Å². The molecule has 0 aliphatic carbocycles. The Balaban J connectivity index is 0.000000354. The molecule has 45 heavy (non-hydrogen) atoms. The second-order valence-corrected chi connectivity index (χ2v) is 12.8. The molecule has 1 aromatic heterocycles. The van der Waals surface area contributed by atoms with Crippen molar-refractivity contribution in [1.82, 2.24) is 0 Å². The van der Waals surface area contributed by atoms with Crippen molar-refractivity contribution in [2.24, 2.45) is 0 Å². The van der Waals surface area contributed by atoms with E-state index in [0.29, 0.717) is 5.03 Å². The van der Waals surface area contributed by atoms with Gasteiger partial charge in [-0.1, -0.05) is 92.4 Å². The minimum absolute atomic E-state index is 0.178. The quantitative estimate of drug-likeness (QED) is 0.0985. The highest BCUT2D eigenvalue weighted by atomic mass is 35.5. The number of benzene rings is 3. The van der Waals surface area contributed by atoms with Crippen molar-refractivity contribution in [3.05, 3.63) is 137 Å². The third kappa shape index (κ3) is 9.51. The first-order valence-corrected chi connectivity index (χ1v) is 17.2. The Morgan fingerprint density at radius 1 is 0.889 bits per heavy atom. The largest absolute Gasteiger partial charge is 0.744 e. The van der Waals surface area contributed by atoms with Gasteiger partial charge in [0, 0.05) is 53.0 Å². The van der Waals surface area contributed by atoms with E-state index in [0.717, 1.165) is 31.5 Å². The van der Waals surface area contributed by atoms with Crippen LogP contribution < -0.4 is 9.47 Å². The number of aromatic nitrogens is 1. The van der Waals surface area contributed by atoms with Gasteiger partial charge in [0.25, 0.3) is 0 Å². The van der Waals surface area contributed by atoms with E-state index in [2.05, 4.69) is 108 Å². The van der Waals surface area contributed by atoms with Crippen molar-refractivity contribution in [1.29, 1.82) is 0 Å². The molecule has 0 unspecified atom stereocenters. The number of halogens is 1. The summed E-state index contributed by atoms with van der Waals surface area (Å²) in [5.74, 6) is 0. The number of hydrogen-bond donors (Lipinski definition) is 0. The van der Waals surface area contributed by atoms with Crippen LogP contribution in [0.5, 0.6) is 0 Å². The SMILES string of the molecule is CCCCN1/C(=C/C=C(Cl)/C=C/c2ccc3ccccc3[n+]2CCCC)C=Cc2ccccc21.Cc1ccc(S(=O)(=O)[O-])cc1. The molecule has 0 saturated heterocycles. The summed E-state index contributed by atoms with van der Waals surface area (Å²) in [5.41, 5.74) is 7.05. The molecule has 3 aromatic carbocycles. The third-order valence-corrected chi connectivity index (χ3v) is 8.65. The van der Waals surface area contributed by atoms with Gasteiger partial charge in [0.2, 0.25) is 11.2 Å². The lowest BCUT2D eigenvalue weighted by atomic mass is 10.0. The zero-order valence-electron chi connectivity index (χ0n) is 26.2. The van der Waals surface area contributed by atoms with E-state index in [4.69, 9.17) is 11.6 Å². The lowest BCUT2D eigenvalue weighted by Crippen LogP contribution is -2.37. The minimum atomic E-state index is -4.27. The van der Waals surface area contributed by atoms with Crippen LogP contribution in [-0.2, 0) is 16.7 Å². The topological polar surface area (TPSA) is 64.3 Å². The van der Waals surface area contributed by atoms with E-state index >= 15 is 0 Å². The van der Waals surface area contributed by atoms with E-state index in [9.17, 15) is 13.0 Å². The number of hydrogen-bond acceptors (Lipinski definition) is 4. The van der Waals surface area contributed by atoms with Crippen LogP contribution in [0, 0.1) is 6.92 Å². The zero-order valence-corrected chi connectivity index (χ0v) is 27.8. The van der Waals surface area contributed by atoms with Gasteiger partial charge in [-0.25, -0.2) is 8.42 Å². The maximum Gasteiger partial charge on any atom is 0.212 e. The molecule has 0 bridgehead atoms. The van der Waals surface area contributed by atoms with Gasteiger partial charge in [-0.05, 0) is 73.5 Å². The average molecular weight is 641 g/mol. The van der Waals surface area contributed by atoms with Crippen molar-refractivity contribution in [3.63, 3.8) is 0 Å². The number of unbranched alkanes of at least 4 members (excludes halogenated alkanes) is 2. The molecular weight excluding hydrogens is 600 g/mol. The highest BCUT2D eigenvalue weighted by Crippen LogP contribution is 2.31. The number of pyridine rings is 1. The normalized spacial score (nSPS) is 14.1. The van der Waals surface area contributed by atoms with Crippen LogP contribution >= 0.6 is 11.6 Å². The molecule has 1 aliphatic heterocycles. The van der Waals surface area contributed by atoms with E-state index in [1.807, 2.05) is 19.1 Å². The fraction of sp³-hybridized carbons (Fsp3) is 0.237. The smallest absolute Gasteiger partial charge is 0.212 e. The van der Waals surface area contributed by atoms with Gasteiger partial charge in [0.1, 0.15) is 16.7 Å². The molecule has 1 aliphatic rings. The molecule has 5 nitrogen and oxygen atoms in total. The van der Waals surface area contributed by atoms with Crippen LogP contribution in [0.1, 0.15) is 56.4 Å². The van der Waals surface area contributed by atoms with Gasteiger partial charge in [0.15, 0.2) is 0 Å². The van der Waals surface area contributed by atoms with Crippen LogP contribution in [0.4, 0.5) is 5.69 Å². The predicted molar refractivity (Wildman–Crippen MR) is 187 cm³/mol. The zero-order chi connectivity index (χ0) is 32.2. The van der Waals surface area contributed by atoms with Gasteiger partial charge >= 0.3 is 0 Å². The van der Waals surface area contributed by atoms with Crippen molar-refractivity contribution in [2.75, 3.05) is 11.4 Å². The first-order chi connectivity index (χ1) is 21.7. The molecule has 0 fully saturated rings. The maximum atomic E-state index is 10.4. The molecule has 5 rings (SSSR count). The summed E-state index contributed by atoms with van der Waals surface area (Å²) in [6.07, 6.45) is 17.3. The number of nitrogens with zero attached hydrogens (tertiary/aromatic N) is 2. The minimum Gasteiger partial charge on any atom is -0.744 e. The lowest BCUT2D eigenvalue weighted by Gasteiger charge is -2.30. The molecule has 7 heteroatoms. The number of rotatable bonds is 10. The van der Waals surface area contributed by atoms with E-state index in [1.165, 1.54) is 58.5 Å². The molecule has 2 heterocycles. The predicted octanol–water partition coefficient (Wildman–Crippen LogP) is 9.18. The summed E-state index contributed by atoms with van der Waals surface area (Å²) >= 11 is 6.66. The Bertz CT molecular complexity index is 1820.